The second-order valence-electron chi connectivity index (χ2n) is 4.71. The van der Waals surface area contributed by atoms with Gasteiger partial charge in [0.05, 0.1) is 6.54 Å². The lowest BCUT2D eigenvalue weighted by Gasteiger charge is -2.04. The Morgan fingerprint density at radius 2 is 2.00 bits per heavy atom. The molecule has 1 N–H and O–H groups in total. The largest absolute Gasteiger partial charge is 0.489 e. The molecule has 1 aromatic carbocycles. The molecule has 2 aromatic rings. The van der Waals surface area contributed by atoms with Crippen LogP contribution in [0.5, 0.6) is 5.75 Å². The van der Waals surface area contributed by atoms with Crippen LogP contribution in [0.3, 0.4) is 0 Å². The summed E-state index contributed by atoms with van der Waals surface area (Å²) in [5, 5.41) is 3.33. The van der Waals surface area contributed by atoms with Crippen LogP contribution in [-0.2, 0) is 13.2 Å². The highest BCUT2D eigenvalue weighted by atomic mass is 79.9. The zero-order valence-corrected chi connectivity index (χ0v) is 13.5. The first-order valence-corrected chi connectivity index (χ1v) is 7.65. The molecule has 0 spiro atoms. The Morgan fingerprint density at radius 3 is 2.70 bits per heavy atom. The number of ether oxygens (including phenoxy) is 1. The van der Waals surface area contributed by atoms with Gasteiger partial charge >= 0.3 is 0 Å². The van der Waals surface area contributed by atoms with Gasteiger partial charge in [-0.25, -0.2) is 0 Å². The van der Waals surface area contributed by atoms with E-state index < -0.39 is 0 Å². The van der Waals surface area contributed by atoms with Gasteiger partial charge < -0.3 is 14.5 Å². The van der Waals surface area contributed by atoms with E-state index in [4.69, 9.17) is 9.15 Å². The standard InChI is InChI=1S/C16H20BrNO2/c1-3-8-18-10-16-9-13(12(2)20-16)11-19-15-6-4-14(17)5-7-15/h4-7,9,18H,3,8,10-11H2,1-2H3. The normalized spacial score (nSPS) is 10.8. The molecular formula is C16H20BrNO2. The first-order chi connectivity index (χ1) is 9.69. The lowest BCUT2D eigenvalue weighted by molar-refractivity contribution is 0.303. The van der Waals surface area contributed by atoms with E-state index in [1.807, 2.05) is 31.2 Å². The molecule has 108 valence electrons. The molecule has 1 aromatic heterocycles. The third-order valence-corrected chi connectivity index (χ3v) is 3.53. The number of furan rings is 1. The molecule has 0 saturated carbocycles. The van der Waals surface area contributed by atoms with E-state index in [0.717, 1.165) is 46.8 Å². The Labute approximate surface area is 128 Å². The zero-order valence-electron chi connectivity index (χ0n) is 11.9. The molecule has 4 heteroatoms. The zero-order chi connectivity index (χ0) is 14.4. The highest BCUT2D eigenvalue weighted by Gasteiger charge is 2.08. The van der Waals surface area contributed by atoms with Gasteiger partial charge in [0.2, 0.25) is 0 Å². The lowest BCUT2D eigenvalue weighted by atomic mass is 10.2. The maximum Gasteiger partial charge on any atom is 0.119 e. The predicted octanol–water partition coefficient (Wildman–Crippen LogP) is 4.43. The Morgan fingerprint density at radius 1 is 1.25 bits per heavy atom. The van der Waals surface area contributed by atoms with Crippen molar-refractivity contribution < 1.29 is 9.15 Å². The number of nitrogens with one attached hydrogen (secondary N) is 1. The second-order valence-corrected chi connectivity index (χ2v) is 5.63. The van der Waals surface area contributed by atoms with Crippen LogP contribution < -0.4 is 10.1 Å². The van der Waals surface area contributed by atoms with Gasteiger partial charge in [-0.2, -0.15) is 0 Å². The van der Waals surface area contributed by atoms with E-state index in [0.29, 0.717) is 6.61 Å². The fourth-order valence-electron chi connectivity index (χ4n) is 1.90. The van der Waals surface area contributed by atoms with Crippen molar-refractivity contribution in [2.75, 3.05) is 6.54 Å². The summed E-state index contributed by atoms with van der Waals surface area (Å²) in [6, 6.07) is 9.90. The maximum absolute atomic E-state index is 5.77. The topological polar surface area (TPSA) is 34.4 Å². The molecule has 0 fully saturated rings. The fraction of sp³-hybridized carbons (Fsp3) is 0.375. The van der Waals surface area contributed by atoms with Crippen LogP contribution in [-0.4, -0.2) is 6.54 Å². The summed E-state index contributed by atoms with van der Waals surface area (Å²) in [6.07, 6.45) is 1.12. The van der Waals surface area contributed by atoms with E-state index in [9.17, 15) is 0 Å². The van der Waals surface area contributed by atoms with Crippen LogP contribution in [0.25, 0.3) is 0 Å². The van der Waals surface area contributed by atoms with Gasteiger partial charge in [-0.15, -0.1) is 0 Å². The summed E-state index contributed by atoms with van der Waals surface area (Å²) in [5.41, 5.74) is 1.10. The minimum absolute atomic E-state index is 0.532. The van der Waals surface area contributed by atoms with Gasteiger partial charge in [0, 0.05) is 10.0 Å². The quantitative estimate of drug-likeness (QED) is 0.759. The number of rotatable bonds is 7. The van der Waals surface area contributed by atoms with E-state index in [-0.39, 0.29) is 0 Å². The monoisotopic (exact) mass is 337 g/mol. The molecule has 3 nitrogen and oxygen atoms in total. The Hall–Kier alpha value is -1.26. The summed E-state index contributed by atoms with van der Waals surface area (Å²) < 4.78 is 12.5. The summed E-state index contributed by atoms with van der Waals surface area (Å²) in [4.78, 5) is 0. The molecule has 20 heavy (non-hydrogen) atoms. The Bertz CT molecular complexity index is 534. The minimum atomic E-state index is 0.532. The highest BCUT2D eigenvalue weighted by Crippen LogP contribution is 2.20. The van der Waals surface area contributed by atoms with E-state index >= 15 is 0 Å². The molecule has 0 radical (unpaired) electrons. The van der Waals surface area contributed by atoms with E-state index in [1.165, 1.54) is 0 Å². The van der Waals surface area contributed by atoms with Crippen LogP contribution in [0.1, 0.15) is 30.4 Å². The van der Waals surface area contributed by atoms with Gasteiger partial charge in [-0.3, -0.25) is 0 Å². The van der Waals surface area contributed by atoms with Crippen LogP contribution in [0.15, 0.2) is 39.2 Å². The van der Waals surface area contributed by atoms with Crippen molar-refractivity contribution >= 4 is 15.9 Å². The number of aryl methyl sites for hydroxylation is 1. The van der Waals surface area contributed by atoms with Crippen LogP contribution in [0.2, 0.25) is 0 Å². The van der Waals surface area contributed by atoms with Gasteiger partial charge in [0.25, 0.3) is 0 Å². The van der Waals surface area contributed by atoms with Crippen LogP contribution >= 0.6 is 15.9 Å². The van der Waals surface area contributed by atoms with Crippen molar-refractivity contribution in [3.8, 4) is 5.75 Å². The van der Waals surface area contributed by atoms with Gasteiger partial charge in [-0.1, -0.05) is 22.9 Å². The van der Waals surface area contributed by atoms with Gasteiger partial charge in [-0.05, 0) is 50.2 Å². The lowest BCUT2D eigenvalue weighted by Crippen LogP contribution is -2.13. The number of hydrogen-bond acceptors (Lipinski definition) is 3. The number of hydrogen-bond donors (Lipinski definition) is 1. The minimum Gasteiger partial charge on any atom is -0.489 e. The number of halogens is 1. The molecule has 0 atom stereocenters. The first-order valence-electron chi connectivity index (χ1n) is 6.86. The predicted molar refractivity (Wildman–Crippen MR) is 83.9 cm³/mol. The van der Waals surface area contributed by atoms with Crippen molar-refractivity contribution in [2.24, 2.45) is 0 Å². The summed E-state index contributed by atoms with van der Waals surface area (Å²) in [6.45, 7) is 6.43. The first kappa shape index (κ1) is 15.1. The molecule has 0 amide bonds. The SMILES string of the molecule is CCCNCc1cc(COc2ccc(Br)cc2)c(C)o1. The Balaban J connectivity index is 1.90. The van der Waals surface area contributed by atoms with Crippen molar-refractivity contribution in [1.82, 2.24) is 5.32 Å². The summed E-state index contributed by atoms with van der Waals surface area (Å²) in [5.74, 6) is 2.75. The molecule has 2 rings (SSSR count). The molecule has 0 unspecified atom stereocenters. The molecular weight excluding hydrogens is 318 g/mol. The van der Waals surface area contributed by atoms with Gasteiger partial charge in [0.1, 0.15) is 23.9 Å². The van der Waals surface area contributed by atoms with Crippen LogP contribution in [0, 0.1) is 6.92 Å². The highest BCUT2D eigenvalue weighted by molar-refractivity contribution is 9.10. The summed E-state index contributed by atoms with van der Waals surface area (Å²) >= 11 is 3.41. The molecule has 0 aliphatic heterocycles. The van der Waals surface area contributed by atoms with Crippen molar-refractivity contribution in [1.29, 1.82) is 0 Å². The van der Waals surface area contributed by atoms with Gasteiger partial charge in [0.15, 0.2) is 0 Å². The van der Waals surface area contributed by atoms with Crippen molar-refractivity contribution in [3.63, 3.8) is 0 Å². The molecule has 0 aliphatic carbocycles. The smallest absolute Gasteiger partial charge is 0.119 e. The molecule has 0 saturated heterocycles. The second kappa shape index (κ2) is 7.50. The molecule has 0 bridgehead atoms. The average molecular weight is 338 g/mol. The third kappa shape index (κ3) is 4.39. The number of benzene rings is 1. The molecule has 0 aliphatic rings. The average Bonchev–Trinajstić information content (AvgIpc) is 2.79. The summed E-state index contributed by atoms with van der Waals surface area (Å²) in [7, 11) is 0. The fourth-order valence-corrected chi connectivity index (χ4v) is 2.16. The van der Waals surface area contributed by atoms with E-state index in [1.54, 1.807) is 0 Å². The Kier molecular flexibility index (Phi) is 5.68. The third-order valence-electron chi connectivity index (χ3n) is 3.01. The van der Waals surface area contributed by atoms with E-state index in [2.05, 4.69) is 34.2 Å². The van der Waals surface area contributed by atoms with Crippen LogP contribution in [0.4, 0.5) is 0 Å². The van der Waals surface area contributed by atoms with Crippen molar-refractivity contribution in [3.05, 3.63) is 51.9 Å². The molecule has 1 heterocycles. The maximum atomic E-state index is 5.77. The van der Waals surface area contributed by atoms with Crippen molar-refractivity contribution in [2.45, 2.75) is 33.4 Å².